The molecule has 0 saturated carbocycles. The summed E-state index contributed by atoms with van der Waals surface area (Å²) in [6.45, 7) is 7.76. The van der Waals surface area contributed by atoms with Crippen molar-refractivity contribution in [3.8, 4) is 0 Å². The highest BCUT2D eigenvalue weighted by atomic mass is 35.5. The van der Waals surface area contributed by atoms with Crippen molar-refractivity contribution in [3.05, 3.63) is 34.1 Å². The Kier molecular flexibility index (Phi) is 6.81. The topological polar surface area (TPSA) is 44.4 Å². The Bertz CT molecular complexity index is 543. The minimum Gasteiger partial charge on any atom is -0.351 e. The molecule has 23 heavy (non-hydrogen) atoms. The van der Waals surface area contributed by atoms with Gasteiger partial charge in [-0.1, -0.05) is 25.4 Å². The summed E-state index contributed by atoms with van der Waals surface area (Å²) in [5.41, 5.74) is 1.40. The summed E-state index contributed by atoms with van der Waals surface area (Å²) in [5, 5.41) is 6.05. The lowest BCUT2D eigenvalue weighted by Crippen LogP contribution is -2.40. The van der Waals surface area contributed by atoms with Crippen molar-refractivity contribution >= 4 is 17.5 Å². The summed E-state index contributed by atoms with van der Waals surface area (Å²) in [6, 6.07) is 3.30. The molecule has 128 valence electrons. The van der Waals surface area contributed by atoms with E-state index >= 15 is 0 Å². The van der Waals surface area contributed by atoms with Crippen LogP contribution in [0.3, 0.4) is 0 Å². The Morgan fingerprint density at radius 3 is 2.78 bits per heavy atom. The molecule has 0 bridgehead atoms. The number of carbonyl (C=O) groups excluding carboxylic acids is 1. The van der Waals surface area contributed by atoms with Crippen LogP contribution in [0.1, 0.15) is 37.8 Å². The fourth-order valence-electron chi connectivity index (χ4n) is 2.85. The number of halogens is 2. The number of amides is 1. The monoisotopic (exact) mass is 341 g/mol. The van der Waals surface area contributed by atoms with Gasteiger partial charge in [-0.3, -0.25) is 9.69 Å². The van der Waals surface area contributed by atoms with Crippen molar-refractivity contribution in [2.45, 2.75) is 45.8 Å². The molecule has 2 rings (SSSR count). The van der Waals surface area contributed by atoms with Crippen molar-refractivity contribution in [1.82, 2.24) is 15.5 Å². The van der Waals surface area contributed by atoms with Crippen LogP contribution in [0.15, 0.2) is 12.1 Å². The molecule has 1 heterocycles. The summed E-state index contributed by atoms with van der Waals surface area (Å²) in [5.74, 6) is -0.526. The van der Waals surface area contributed by atoms with E-state index in [9.17, 15) is 9.18 Å². The lowest BCUT2D eigenvalue weighted by Gasteiger charge is -2.19. The van der Waals surface area contributed by atoms with E-state index in [0.29, 0.717) is 5.56 Å². The van der Waals surface area contributed by atoms with Crippen LogP contribution in [0, 0.1) is 5.82 Å². The van der Waals surface area contributed by atoms with Crippen molar-refractivity contribution in [1.29, 1.82) is 0 Å². The van der Waals surface area contributed by atoms with Crippen molar-refractivity contribution in [2.24, 2.45) is 0 Å². The third-order valence-electron chi connectivity index (χ3n) is 4.29. The molecule has 1 saturated heterocycles. The van der Waals surface area contributed by atoms with Crippen LogP contribution < -0.4 is 10.6 Å². The Hall–Kier alpha value is -1.17. The molecule has 0 spiro atoms. The first-order chi connectivity index (χ1) is 11.0. The predicted octanol–water partition coefficient (Wildman–Crippen LogP) is 2.69. The van der Waals surface area contributed by atoms with Gasteiger partial charge in [0, 0.05) is 18.7 Å². The molecule has 4 nitrogen and oxygen atoms in total. The second kappa shape index (κ2) is 8.62. The number of hydrogen-bond acceptors (Lipinski definition) is 3. The highest BCUT2D eigenvalue weighted by Crippen LogP contribution is 2.22. The van der Waals surface area contributed by atoms with E-state index in [-0.39, 0.29) is 23.5 Å². The van der Waals surface area contributed by atoms with E-state index in [1.165, 1.54) is 0 Å². The smallest absolute Gasteiger partial charge is 0.237 e. The van der Waals surface area contributed by atoms with Gasteiger partial charge in [0.05, 0.1) is 11.1 Å². The highest BCUT2D eigenvalue weighted by molar-refractivity contribution is 6.30. The SMILES string of the molecule is CCN(CC)Cc1cc(Cl)c(F)c(CNC(=O)[C@@H]2CCCN2)c1. The van der Waals surface area contributed by atoms with Gasteiger partial charge >= 0.3 is 0 Å². The molecule has 1 atom stereocenters. The lowest BCUT2D eigenvalue weighted by molar-refractivity contribution is -0.122. The number of nitrogens with one attached hydrogen (secondary N) is 2. The molecular weight excluding hydrogens is 317 g/mol. The maximum atomic E-state index is 14.2. The summed E-state index contributed by atoms with van der Waals surface area (Å²) >= 11 is 6.01. The predicted molar refractivity (Wildman–Crippen MR) is 90.9 cm³/mol. The summed E-state index contributed by atoms with van der Waals surface area (Å²) in [4.78, 5) is 14.3. The van der Waals surface area contributed by atoms with Crippen molar-refractivity contribution in [3.63, 3.8) is 0 Å². The summed E-state index contributed by atoms with van der Waals surface area (Å²) in [7, 11) is 0. The normalized spacial score (nSPS) is 17.7. The average Bonchev–Trinajstić information content (AvgIpc) is 3.08. The lowest BCUT2D eigenvalue weighted by atomic mass is 10.1. The molecule has 0 aromatic heterocycles. The fourth-order valence-corrected chi connectivity index (χ4v) is 3.11. The zero-order valence-electron chi connectivity index (χ0n) is 13.8. The minimum absolute atomic E-state index is 0.0767. The van der Waals surface area contributed by atoms with Crippen LogP contribution in [-0.4, -0.2) is 36.5 Å². The number of hydrogen-bond donors (Lipinski definition) is 2. The molecule has 0 aliphatic carbocycles. The number of benzene rings is 1. The first-order valence-electron chi connectivity index (χ1n) is 8.25. The molecular formula is C17H25ClFN3O. The third kappa shape index (κ3) is 4.90. The molecule has 1 amide bonds. The average molecular weight is 342 g/mol. The second-order valence-electron chi connectivity index (χ2n) is 5.88. The van der Waals surface area contributed by atoms with Crippen LogP contribution in [0.5, 0.6) is 0 Å². The largest absolute Gasteiger partial charge is 0.351 e. The van der Waals surface area contributed by atoms with Gasteiger partial charge < -0.3 is 10.6 Å². The maximum Gasteiger partial charge on any atom is 0.237 e. The Balaban J connectivity index is 2.04. The number of rotatable bonds is 7. The standard InChI is InChI=1S/C17H25ClFN3O/c1-3-22(4-2)11-12-8-13(16(19)14(18)9-12)10-21-17(23)15-6-5-7-20-15/h8-9,15,20H,3-7,10-11H2,1-2H3,(H,21,23)/t15-/m0/s1. The molecule has 1 aliphatic rings. The van der Waals surface area contributed by atoms with Gasteiger partial charge in [-0.2, -0.15) is 0 Å². The van der Waals surface area contributed by atoms with Crippen LogP contribution >= 0.6 is 11.6 Å². The first-order valence-corrected chi connectivity index (χ1v) is 8.63. The van der Waals surface area contributed by atoms with Crippen LogP contribution in [0.2, 0.25) is 5.02 Å². The van der Waals surface area contributed by atoms with E-state index in [2.05, 4.69) is 29.4 Å². The molecule has 1 aromatic carbocycles. The zero-order valence-corrected chi connectivity index (χ0v) is 14.5. The van der Waals surface area contributed by atoms with Gasteiger partial charge in [-0.15, -0.1) is 0 Å². The van der Waals surface area contributed by atoms with Gasteiger partial charge in [-0.25, -0.2) is 4.39 Å². The summed E-state index contributed by atoms with van der Waals surface area (Å²) in [6.07, 6.45) is 1.83. The van der Waals surface area contributed by atoms with Crippen LogP contribution in [-0.2, 0) is 17.9 Å². The first kappa shape index (κ1) is 18.2. The molecule has 2 N–H and O–H groups in total. The van der Waals surface area contributed by atoms with Crippen molar-refractivity contribution in [2.75, 3.05) is 19.6 Å². The minimum atomic E-state index is -0.449. The van der Waals surface area contributed by atoms with Crippen LogP contribution in [0.25, 0.3) is 0 Å². The third-order valence-corrected chi connectivity index (χ3v) is 4.57. The fraction of sp³-hybridized carbons (Fsp3) is 0.588. The highest BCUT2D eigenvalue weighted by Gasteiger charge is 2.22. The van der Waals surface area contributed by atoms with Crippen molar-refractivity contribution < 1.29 is 9.18 Å². The second-order valence-corrected chi connectivity index (χ2v) is 6.29. The quantitative estimate of drug-likeness (QED) is 0.801. The number of carbonyl (C=O) groups is 1. The molecule has 1 aromatic rings. The zero-order chi connectivity index (χ0) is 16.8. The summed E-state index contributed by atoms with van der Waals surface area (Å²) < 4.78 is 14.2. The number of nitrogens with zero attached hydrogens (tertiary/aromatic N) is 1. The molecule has 1 aliphatic heterocycles. The van der Waals surface area contributed by atoms with E-state index in [1.807, 2.05) is 0 Å². The van der Waals surface area contributed by atoms with Crippen LogP contribution in [0.4, 0.5) is 4.39 Å². The molecule has 0 unspecified atom stereocenters. The van der Waals surface area contributed by atoms with Gasteiger partial charge in [0.2, 0.25) is 5.91 Å². The Labute approximate surface area is 142 Å². The molecule has 0 radical (unpaired) electrons. The molecule has 1 fully saturated rings. The Morgan fingerprint density at radius 2 is 2.17 bits per heavy atom. The van der Waals surface area contributed by atoms with E-state index < -0.39 is 5.82 Å². The maximum absolute atomic E-state index is 14.2. The van der Waals surface area contributed by atoms with Gasteiger partial charge in [0.15, 0.2) is 0 Å². The molecule has 6 heteroatoms. The van der Waals surface area contributed by atoms with E-state index in [0.717, 1.165) is 44.6 Å². The van der Waals surface area contributed by atoms with E-state index in [1.54, 1.807) is 12.1 Å². The van der Waals surface area contributed by atoms with Gasteiger partial charge in [0.25, 0.3) is 0 Å². The Morgan fingerprint density at radius 1 is 1.43 bits per heavy atom. The van der Waals surface area contributed by atoms with Gasteiger partial charge in [0.1, 0.15) is 5.82 Å². The van der Waals surface area contributed by atoms with E-state index in [4.69, 9.17) is 11.6 Å². The van der Waals surface area contributed by atoms with Gasteiger partial charge in [-0.05, 0) is 50.2 Å².